The molecule has 0 bridgehead atoms. The first kappa shape index (κ1) is 16.8. The van der Waals surface area contributed by atoms with Crippen LogP contribution in [0.1, 0.15) is 39.2 Å². The first-order valence-corrected chi connectivity index (χ1v) is 8.51. The van der Waals surface area contributed by atoms with E-state index < -0.39 is 5.97 Å². The van der Waals surface area contributed by atoms with Gasteiger partial charge in [0.1, 0.15) is 10.8 Å². The number of rotatable bonds is 4. The van der Waals surface area contributed by atoms with Crippen molar-refractivity contribution in [3.05, 3.63) is 45.8 Å². The van der Waals surface area contributed by atoms with Gasteiger partial charge >= 0.3 is 5.97 Å². The van der Waals surface area contributed by atoms with Gasteiger partial charge in [-0.05, 0) is 23.3 Å². The number of thiophene rings is 1. The number of anilines is 1. The number of carbonyl (C=O) groups is 1. The molecule has 0 saturated heterocycles. The second-order valence-corrected chi connectivity index (χ2v) is 7.15. The van der Waals surface area contributed by atoms with Crippen LogP contribution in [0.3, 0.4) is 0 Å². The number of nitrogens with zero attached hydrogens (tertiary/aromatic N) is 1. The molecule has 128 valence electrons. The van der Waals surface area contributed by atoms with Crippen molar-refractivity contribution in [2.75, 3.05) is 12.8 Å². The average molecular weight is 347 g/mol. The Morgan fingerprint density at radius 1 is 1.42 bits per heavy atom. The third-order valence-corrected chi connectivity index (χ3v) is 5.56. The number of ether oxygens (including phenoxy) is 1. The molecule has 0 radical (unpaired) electrons. The van der Waals surface area contributed by atoms with E-state index in [0.717, 1.165) is 21.8 Å². The van der Waals surface area contributed by atoms with Crippen molar-refractivity contribution in [3.63, 3.8) is 0 Å². The number of methoxy groups -OCH3 is 1. The number of carboxylic acids is 1. The summed E-state index contributed by atoms with van der Waals surface area (Å²) >= 11 is 1.35. The number of aromatic carboxylic acids is 1. The number of hydrogen-bond donors (Lipinski definition) is 3. The molecule has 7 heteroatoms. The summed E-state index contributed by atoms with van der Waals surface area (Å²) < 4.78 is 5.18. The van der Waals surface area contributed by atoms with Gasteiger partial charge in [-0.1, -0.05) is 19.1 Å². The van der Waals surface area contributed by atoms with Gasteiger partial charge in [0.05, 0.1) is 18.8 Å². The molecule has 24 heavy (non-hydrogen) atoms. The molecule has 2 aromatic rings. The van der Waals surface area contributed by atoms with Gasteiger partial charge in [0.25, 0.3) is 0 Å². The van der Waals surface area contributed by atoms with Gasteiger partial charge in [0.2, 0.25) is 0 Å². The summed E-state index contributed by atoms with van der Waals surface area (Å²) in [6.45, 7) is 3.26. The Kier molecular flexibility index (Phi) is 4.49. The van der Waals surface area contributed by atoms with Crippen LogP contribution in [0, 0.1) is 0 Å². The molecule has 1 aromatic carbocycles. The Bertz CT molecular complexity index is 757. The third kappa shape index (κ3) is 2.86. The van der Waals surface area contributed by atoms with Crippen molar-refractivity contribution >= 4 is 22.3 Å². The highest BCUT2D eigenvalue weighted by molar-refractivity contribution is 7.16. The van der Waals surface area contributed by atoms with Gasteiger partial charge in [-0.15, -0.1) is 11.3 Å². The summed E-state index contributed by atoms with van der Waals surface area (Å²) in [6.07, 6.45) is -0.258. The fraction of sp³-hybridized carbons (Fsp3) is 0.353. The van der Waals surface area contributed by atoms with Crippen LogP contribution in [0.15, 0.2) is 24.3 Å². The molecule has 1 aromatic heterocycles. The number of carboxylic acid groups (broad SMARTS) is 1. The van der Waals surface area contributed by atoms with Crippen LogP contribution >= 0.6 is 11.3 Å². The lowest BCUT2D eigenvalue weighted by Crippen LogP contribution is -2.47. The van der Waals surface area contributed by atoms with E-state index in [1.807, 2.05) is 31.2 Å². The summed E-state index contributed by atoms with van der Waals surface area (Å²) in [7, 11) is 1.64. The van der Waals surface area contributed by atoms with E-state index in [1.54, 1.807) is 7.11 Å². The number of nitrogen functional groups attached to an aromatic ring is 1. The van der Waals surface area contributed by atoms with Gasteiger partial charge in [-0.2, -0.15) is 0 Å². The second kappa shape index (κ2) is 6.43. The predicted octanol–water partition coefficient (Wildman–Crippen LogP) is 2.44. The van der Waals surface area contributed by atoms with E-state index in [4.69, 9.17) is 16.2 Å². The minimum Gasteiger partial charge on any atom is -0.497 e. The Morgan fingerprint density at radius 3 is 2.67 bits per heavy atom. The molecule has 5 N–H and O–H groups in total. The Balaban J connectivity index is 1.87. The Morgan fingerprint density at radius 2 is 2.08 bits per heavy atom. The van der Waals surface area contributed by atoms with E-state index in [-0.39, 0.29) is 17.6 Å². The molecule has 6 nitrogen and oxygen atoms in total. The zero-order chi connectivity index (χ0) is 17.4. The largest absolute Gasteiger partial charge is 0.497 e. The van der Waals surface area contributed by atoms with E-state index in [0.29, 0.717) is 18.1 Å². The molecule has 0 aliphatic carbocycles. The van der Waals surface area contributed by atoms with Crippen LogP contribution in [-0.4, -0.2) is 29.3 Å². The maximum absolute atomic E-state index is 11.5. The summed E-state index contributed by atoms with van der Waals surface area (Å²) in [6, 6.07) is 7.87. The fourth-order valence-corrected chi connectivity index (χ4v) is 4.43. The second-order valence-electron chi connectivity index (χ2n) is 6.02. The summed E-state index contributed by atoms with van der Waals surface area (Å²) in [5.41, 5.74) is 14.5. The molecule has 2 heterocycles. The van der Waals surface area contributed by atoms with E-state index in [9.17, 15) is 9.90 Å². The molecule has 2 atom stereocenters. The van der Waals surface area contributed by atoms with Crippen LogP contribution in [-0.2, 0) is 13.1 Å². The lowest BCUT2D eigenvalue weighted by molar-refractivity contribution is 0.0693. The van der Waals surface area contributed by atoms with Gasteiger partial charge in [-0.25, -0.2) is 4.79 Å². The van der Waals surface area contributed by atoms with Crippen molar-refractivity contribution in [1.29, 1.82) is 0 Å². The van der Waals surface area contributed by atoms with E-state index >= 15 is 0 Å². The predicted molar refractivity (Wildman–Crippen MR) is 94.3 cm³/mol. The molecular weight excluding hydrogens is 326 g/mol. The number of hydrogen-bond acceptors (Lipinski definition) is 6. The maximum atomic E-state index is 11.5. The molecular formula is C17H21N3O3S. The minimum atomic E-state index is -0.979. The zero-order valence-corrected chi connectivity index (χ0v) is 14.5. The Hall–Kier alpha value is -2.09. The first-order chi connectivity index (χ1) is 11.4. The maximum Gasteiger partial charge on any atom is 0.338 e. The van der Waals surface area contributed by atoms with Gasteiger partial charge < -0.3 is 21.3 Å². The van der Waals surface area contributed by atoms with Crippen LogP contribution in [0.4, 0.5) is 5.00 Å². The summed E-state index contributed by atoms with van der Waals surface area (Å²) in [4.78, 5) is 14.6. The van der Waals surface area contributed by atoms with Crippen molar-refractivity contribution in [3.8, 4) is 5.75 Å². The van der Waals surface area contributed by atoms with E-state index in [2.05, 4.69) is 4.90 Å². The number of nitrogens with two attached hydrogens (primary N) is 2. The van der Waals surface area contributed by atoms with E-state index in [1.165, 1.54) is 11.3 Å². The molecule has 3 rings (SSSR count). The topological polar surface area (TPSA) is 102 Å². The van der Waals surface area contributed by atoms with Crippen molar-refractivity contribution < 1.29 is 14.6 Å². The molecule has 0 saturated carbocycles. The monoisotopic (exact) mass is 347 g/mol. The Labute approximate surface area is 144 Å². The van der Waals surface area contributed by atoms with Gasteiger partial charge in [-0.3, -0.25) is 4.90 Å². The quantitative estimate of drug-likeness (QED) is 0.785. The molecule has 0 fully saturated rings. The zero-order valence-electron chi connectivity index (χ0n) is 13.7. The minimum absolute atomic E-state index is 0.0911. The molecule has 0 spiro atoms. The molecule has 0 amide bonds. The van der Waals surface area contributed by atoms with Crippen molar-refractivity contribution in [2.24, 2.45) is 5.73 Å². The standard InChI is InChI=1S/C17H21N3O3S/c1-9-13-12(24-16(19)14(13)17(21)22)8-20(15(9)18)7-10-3-5-11(23-2)6-4-10/h3-6,9,15H,7-8,18-19H2,1-2H3,(H,21,22). The van der Waals surface area contributed by atoms with Crippen molar-refractivity contribution in [1.82, 2.24) is 4.90 Å². The van der Waals surface area contributed by atoms with Crippen molar-refractivity contribution in [2.45, 2.75) is 32.1 Å². The van der Waals surface area contributed by atoms with Gasteiger partial charge in [0, 0.05) is 23.9 Å². The molecule has 1 aliphatic rings. The molecule has 1 aliphatic heterocycles. The third-order valence-electron chi connectivity index (χ3n) is 4.54. The number of benzene rings is 1. The van der Waals surface area contributed by atoms with Crippen LogP contribution in [0.2, 0.25) is 0 Å². The lowest BCUT2D eigenvalue weighted by Gasteiger charge is -2.37. The molecule has 2 unspecified atom stereocenters. The highest BCUT2D eigenvalue weighted by atomic mass is 32.1. The number of fused-ring (bicyclic) bond motifs is 1. The average Bonchev–Trinajstić information content (AvgIpc) is 2.89. The lowest BCUT2D eigenvalue weighted by atomic mass is 9.90. The highest BCUT2D eigenvalue weighted by Crippen LogP contribution is 2.42. The van der Waals surface area contributed by atoms with Crippen LogP contribution < -0.4 is 16.2 Å². The fourth-order valence-electron chi connectivity index (χ4n) is 3.23. The SMILES string of the molecule is COc1ccc(CN2Cc3sc(N)c(C(=O)O)c3C(C)C2N)cc1. The summed E-state index contributed by atoms with van der Waals surface area (Å²) in [5.74, 6) is -0.256. The summed E-state index contributed by atoms with van der Waals surface area (Å²) in [5, 5.41) is 9.78. The van der Waals surface area contributed by atoms with Crippen LogP contribution in [0.5, 0.6) is 5.75 Å². The normalized spacial score (nSPS) is 20.6. The van der Waals surface area contributed by atoms with Crippen LogP contribution in [0.25, 0.3) is 0 Å². The van der Waals surface area contributed by atoms with Gasteiger partial charge in [0.15, 0.2) is 0 Å². The highest BCUT2D eigenvalue weighted by Gasteiger charge is 2.36. The smallest absolute Gasteiger partial charge is 0.338 e. The first-order valence-electron chi connectivity index (χ1n) is 7.69.